The van der Waals surface area contributed by atoms with E-state index in [2.05, 4.69) is 5.43 Å². The lowest BCUT2D eigenvalue weighted by atomic mass is 9.49. The molecule has 3 N–H and O–H groups in total. The maximum absolute atomic E-state index is 15.5. The Hall–Kier alpha value is -5.85. The second-order valence-corrected chi connectivity index (χ2v) is 14.8. The average molecular weight is 783 g/mol. The monoisotopic (exact) mass is 781 g/mol. The molecule has 6 unspecified atom stereocenters. The number of fused-ring (bicyclic) bond motifs is 4. The molecule has 8 rings (SSSR count). The zero-order valence-electron chi connectivity index (χ0n) is 29.4. The van der Waals surface area contributed by atoms with Crippen LogP contribution in [0.1, 0.15) is 40.2 Å². The summed E-state index contributed by atoms with van der Waals surface area (Å²) >= 11 is 12.7. The predicted octanol–water partition coefficient (Wildman–Crippen LogP) is 6.60. The number of aromatic hydroxyl groups is 1. The topological polar surface area (TPSA) is 163 Å². The summed E-state index contributed by atoms with van der Waals surface area (Å²) < 4.78 is 11.3. The van der Waals surface area contributed by atoms with Crippen molar-refractivity contribution in [2.75, 3.05) is 24.5 Å². The number of nitrogens with one attached hydrogen (secondary N) is 1. The molecule has 2 saturated heterocycles. The molecule has 280 valence electrons. The molecule has 12 nitrogen and oxygen atoms in total. The summed E-state index contributed by atoms with van der Waals surface area (Å²) in [5.41, 5.74) is 2.74. The van der Waals surface area contributed by atoms with E-state index in [0.29, 0.717) is 21.9 Å². The predicted molar refractivity (Wildman–Crippen MR) is 201 cm³/mol. The highest BCUT2D eigenvalue weighted by molar-refractivity contribution is 6.36. The Morgan fingerprint density at radius 1 is 0.873 bits per heavy atom. The van der Waals surface area contributed by atoms with Crippen molar-refractivity contribution in [3.05, 3.63) is 123 Å². The van der Waals surface area contributed by atoms with E-state index >= 15 is 4.79 Å². The first kappa shape index (κ1) is 36.1. The number of phenolic OH excluding ortho intramolecular Hbond substituents is 1. The second kappa shape index (κ2) is 13.5. The summed E-state index contributed by atoms with van der Waals surface area (Å²) in [7, 11) is 2.94. The number of carbonyl (C=O) groups is 5. The Labute approximate surface area is 324 Å². The first-order valence-corrected chi connectivity index (χ1v) is 18.2. The van der Waals surface area contributed by atoms with E-state index in [1.807, 2.05) is 6.08 Å². The molecular formula is C41H33Cl2N3O9. The number of benzene rings is 4. The lowest BCUT2D eigenvalue weighted by Crippen LogP contribution is -2.53. The standard InChI is InChI=1S/C41H33Cl2N3O9/c1-54-24-12-9-21(10-13-24)41-28(37(49)46(40(41)53)44-30-16-11-22(42)18-29(30)43)19-27-25(35(41)34-31(47)7-4-8-32(34)55-2)14-15-26-33(27)38(50)45(36(26)48)23-6-3-5-20(17-23)39(51)52/h3-14,16-18,26-28,33,35,44,47H,15,19H2,1-2H3,(H,51,52). The van der Waals surface area contributed by atoms with Crippen molar-refractivity contribution in [2.24, 2.45) is 23.7 Å². The van der Waals surface area contributed by atoms with Crippen LogP contribution in [-0.4, -0.2) is 59.0 Å². The van der Waals surface area contributed by atoms with E-state index in [-0.39, 0.29) is 51.9 Å². The van der Waals surface area contributed by atoms with Gasteiger partial charge in [0, 0.05) is 16.5 Å². The van der Waals surface area contributed by atoms with Crippen LogP contribution in [0, 0.1) is 23.7 Å². The highest BCUT2D eigenvalue weighted by Crippen LogP contribution is 2.66. The highest BCUT2D eigenvalue weighted by atomic mass is 35.5. The molecule has 0 spiro atoms. The number of imide groups is 2. The molecular weight excluding hydrogens is 749 g/mol. The third-order valence-electron chi connectivity index (χ3n) is 11.5. The first-order valence-electron chi connectivity index (χ1n) is 17.4. The molecule has 4 aromatic carbocycles. The Kier molecular flexibility index (Phi) is 8.85. The summed E-state index contributed by atoms with van der Waals surface area (Å²) in [6.07, 6.45) is 1.93. The van der Waals surface area contributed by atoms with Gasteiger partial charge in [-0.05, 0) is 85.0 Å². The molecule has 0 aromatic heterocycles. The van der Waals surface area contributed by atoms with Gasteiger partial charge in [0.2, 0.25) is 11.8 Å². The van der Waals surface area contributed by atoms with E-state index in [0.717, 1.165) is 9.91 Å². The minimum absolute atomic E-state index is 0.0232. The van der Waals surface area contributed by atoms with Crippen molar-refractivity contribution >= 4 is 64.2 Å². The molecule has 14 heteroatoms. The third-order valence-corrected chi connectivity index (χ3v) is 12.0. The van der Waals surface area contributed by atoms with Gasteiger partial charge in [-0.3, -0.25) is 29.5 Å². The van der Waals surface area contributed by atoms with Gasteiger partial charge in [0.15, 0.2) is 0 Å². The molecule has 2 heterocycles. The second-order valence-electron chi connectivity index (χ2n) is 14.0. The van der Waals surface area contributed by atoms with Gasteiger partial charge in [0.1, 0.15) is 17.2 Å². The Balaban J connectivity index is 1.35. The number of hydrazine groups is 1. The third kappa shape index (κ3) is 5.37. The van der Waals surface area contributed by atoms with Crippen LogP contribution < -0.4 is 19.8 Å². The number of rotatable bonds is 8. The Morgan fingerprint density at radius 2 is 1.62 bits per heavy atom. The van der Waals surface area contributed by atoms with Crippen LogP contribution in [0.5, 0.6) is 17.2 Å². The summed E-state index contributed by atoms with van der Waals surface area (Å²) in [4.78, 5) is 72.0. The van der Waals surface area contributed by atoms with Crippen LogP contribution in [0.25, 0.3) is 0 Å². The van der Waals surface area contributed by atoms with Crippen molar-refractivity contribution in [3.63, 3.8) is 0 Å². The van der Waals surface area contributed by atoms with Gasteiger partial charge in [0.05, 0.1) is 59.3 Å². The number of allylic oxidation sites excluding steroid dienone is 2. The summed E-state index contributed by atoms with van der Waals surface area (Å²) in [6.45, 7) is 0. The molecule has 6 atom stereocenters. The lowest BCUT2D eigenvalue weighted by Gasteiger charge is -2.50. The summed E-state index contributed by atoms with van der Waals surface area (Å²) in [5.74, 6) is -7.76. The fraction of sp³-hybridized carbons (Fsp3) is 0.244. The van der Waals surface area contributed by atoms with Crippen LogP contribution in [-0.2, 0) is 24.6 Å². The number of halogens is 2. The van der Waals surface area contributed by atoms with Gasteiger partial charge in [-0.1, -0.05) is 59.1 Å². The number of anilines is 2. The van der Waals surface area contributed by atoms with Crippen molar-refractivity contribution < 1.29 is 43.7 Å². The van der Waals surface area contributed by atoms with Crippen molar-refractivity contribution in [1.82, 2.24) is 5.01 Å². The fourth-order valence-electron chi connectivity index (χ4n) is 9.19. The van der Waals surface area contributed by atoms with Gasteiger partial charge >= 0.3 is 5.97 Å². The Bertz CT molecular complexity index is 2350. The van der Waals surface area contributed by atoms with Gasteiger partial charge in [-0.2, -0.15) is 5.01 Å². The molecule has 3 fully saturated rings. The van der Waals surface area contributed by atoms with Gasteiger partial charge in [-0.15, -0.1) is 0 Å². The Morgan fingerprint density at radius 3 is 2.31 bits per heavy atom. The molecule has 55 heavy (non-hydrogen) atoms. The van der Waals surface area contributed by atoms with Gasteiger partial charge < -0.3 is 19.7 Å². The average Bonchev–Trinajstić information content (AvgIpc) is 3.56. The summed E-state index contributed by atoms with van der Waals surface area (Å²) in [6, 6.07) is 21.7. The molecule has 0 radical (unpaired) electrons. The molecule has 2 aliphatic carbocycles. The van der Waals surface area contributed by atoms with Crippen LogP contribution in [0.2, 0.25) is 10.0 Å². The zero-order chi connectivity index (χ0) is 38.9. The maximum Gasteiger partial charge on any atom is 0.335 e. The van der Waals surface area contributed by atoms with Crippen LogP contribution >= 0.6 is 23.2 Å². The number of nitrogens with zero attached hydrogens (tertiary/aromatic N) is 2. The van der Waals surface area contributed by atoms with E-state index in [1.165, 1.54) is 50.6 Å². The number of carbonyl (C=O) groups excluding carboxylic acids is 4. The van der Waals surface area contributed by atoms with Gasteiger partial charge in [-0.25, -0.2) is 4.79 Å². The van der Waals surface area contributed by atoms with Crippen LogP contribution in [0.15, 0.2) is 96.6 Å². The van der Waals surface area contributed by atoms with E-state index in [9.17, 15) is 29.4 Å². The van der Waals surface area contributed by atoms with E-state index in [4.69, 9.17) is 32.7 Å². The number of aromatic carboxylic acids is 1. The van der Waals surface area contributed by atoms with Crippen molar-refractivity contribution in [1.29, 1.82) is 0 Å². The molecule has 4 aromatic rings. The molecule has 1 saturated carbocycles. The zero-order valence-corrected chi connectivity index (χ0v) is 30.9. The number of hydrogen-bond donors (Lipinski definition) is 3. The van der Waals surface area contributed by atoms with Crippen molar-refractivity contribution in [3.8, 4) is 17.2 Å². The fourth-order valence-corrected chi connectivity index (χ4v) is 9.64. The van der Waals surface area contributed by atoms with E-state index in [1.54, 1.807) is 48.5 Å². The first-order chi connectivity index (χ1) is 26.4. The van der Waals surface area contributed by atoms with Crippen molar-refractivity contribution in [2.45, 2.75) is 24.2 Å². The smallest absolute Gasteiger partial charge is 0.335 e. The minimum atomic E-state index is -1.72. The number of carboxylic acid groups (broad SMARTS) is 1. The lowest BCUT2D eigenvalue weighted by molar-refractivity contribution is -0.138. The SMILES string of the molecule is COc1ccc(C23C(=O)N(Nc4ccc(Cl)cc4Cl)C(=O)C2CC2C(=CCC4C(=O)N(c5cccc(C(=O)O)c5)C(=O)C42)C3c2c(O)cccc2OC)cc1. The number of phenols is 1. The molecule has 0 bridgehead atoms. The quantitative estimate of drug-likeness (QED) is 0.131. The normalized spacial score (nSPS) is 25.6. The number of methoxy groups -OCH3 is 2. The molecule has 2 aliphatic heterocycles. The summed E-state index contributed by atoms with van der Waals surface area (Å²) in [5, 5.41) is 22.8. The largest absolute Gasteiger partial charge is 0.508 e. The van der Waals surface area contributed by atoms with Crippen LogP contribution in [0.3, 0.4) is 0 Å². The van der Waals surface area contributed by atoms with Gasteiger partial charge in [0.25, 0.3) is 11.8 Å². The molecule has 4 amide bonds. The number of carboxylic acids is 1. The number of hydrogen-bond acceptors (Lipinski definition) is 9. The van der Waals surface area contributed by atoms with E-state index < -0.39 is 64.6 Å². The maximum atomic E-state index is 15.5. The highest BCUT2D eigenvalue weighted by Gasteiger charge is 2.71. The molecule has 4 aliphatic rings. The number of ether oxygens (including phenoxy) is 2. The number of amides is 4. The minimum Gasteiger partial charge on any atom is -0.508 e. The van der Waals surface area contributed by atoms with Crippen LogP contribution in [0.4, 0.5) is 11.4 Å².